The number of rotatable bonds is 4. The minimum Gasteiger partial charge on any atom is -0.384 e. The second-order valence-corrected chi connectivity index (χ2v) is 6.97. The van der Waals surface area contributed by atoms with Crippen molar-refractivity contribution >= 4 is 5.82 Å². The van der Waals surface area contributed by atoms with Gasteiger partial charge >= 0.3 is 0 Å². The van der Waals surface area contributed by atoms with E-state index < -0.39 is 0 Å². The Morgan fingerprint density at radius 1 is 1.10 bits per heavy atom. The maximum atomic E-state index is 6.37. The van der Waals surface area contributed by atoms with Crippen LogP contribution in [0.25, 0.3) is 0 Å². The summed E-state index contributed by atoms with van der Waals surface area (Å²) in [7, 11) is 0. The van der Waals surface area contributed by atoms with Crippen molar-refractivity contribution in [3.05, 3.63) is 47.4 Å². The third-order valence-electron chi connectivity index (χ3n) is 3.70. The van der Waals surface area contributed by atoms with E-state index in [4.69, 9.17) is 10.7 Å². The van der Waals surface area contributed by atoms with Gasteiger partial charge in [-0.15, -0.1) is 0 Å². The molecule has 0 amide bonds. The highest BCUT2D eigenvalue weighted by Gasteiger charge is 2.25. The van der Waals surface area contributed by atoms with E-state index in [1.54, 1.807) is 0 Å². The molecule has 1 aromatic heterocycles. The molecular formula is C18H27N3. The lowest BCUT2D eigenvalue weighted by atomic mass is 9.95. The summed E-state index contributed by atoms with van der Waals surface area (Å²) in [5.74, 6) is 1.91. The van der Waals surface area contributed by atoms with Gasteiger partial charge in [0, 0.05) is 11.5 Å². The number of hydrogen-bond donors (Lipinski definition) is 1. The largest absolute Gasteiger partial charge is 0.384 e. The van der Waals surface area contributed by atoms with Gasteiger partial charge in [-0.05, 0) is 32.3 Å². The molecule has 1 heterocycles. The van der Waals surface area contributed by atoms with Gasteiger partial charge in [-0.2, -0.15) is 0 Å². The Morgan fingerprint density at radius 3 is 2.19 bits per heavy atom. The molecule has 114 valence electrons. The first-order valence-electron chi connectivity index (χ1n) is 7.71. The zero-order valence-electron chi connectivity index (χ0n) is 13.9. The fourth-order valence-corrected chi connectivity index (χ4v) is 2.64. The van der Waals surface area contributed by atoms with E-state index in [9.17, 15) is 0 Å². The van der Waals surface area contributed by atoms with Gasteiger partial charge in [0.1, 0.15) is 11.6 Å². The van der Waals surface area contributed by atoms with Crippen LogP contribution in [-0.2, 0) is 18.3 Å². The first-order valence-corrected chi connectivity index (χ1v) is 7.71. The van der Waals surface area contributed by atoms with E-state index in [0.717, 1.165) is 30.2 Å². The molecule has 0 saturated carbocycles. The molecule has 0 aliphatic rings. The number of aromatic nitrogens is 2. The Bertz CT molecular complexity index is 589. The number of anilines is 1. The Hall–Kier alpha value is -1.77. The predicted molar refractivity (Wildman–Crippen MR) is 89.6 cm³/mol. The maximum Gasteiger partial charge on any atom is 0.127 e. The maximum absolute atomic E-state index is 6.37. The van der Waals surface area contributed by atoms with Crippen LogP contribution in [0.1, 0.15) is 57.7 Å². The Balaban J connectivity index is 2.28. The lowest BCUT2D eigenvalue weighted by molar-refractivity contribution is 0.472. The third-order valence-corrected chi connectivity index (χ3v) is 3.70. The van der Waals surface area contributed by atoms with E-state index >= 15 is 0 Å². The van der Waals surface area contributed by atoms with Crippen molar-refractivity contribution in [2.45, 2.75) is 58.9 Å². The third kappa shape index (κ3) is 3.46. The van der Waals surface area contributed by atoms with E-state index in [1.165, 1.54) is 5.56 Å². The van der Waals surface area contributed by atoms with Gasteiger partial charge in [-0.25, -0.2) is 4.98 Å². The summed E-state index contributed by atoms with van der Waals surface area (Å²) < 4.78 is 2.18. The molecule has 0 spiro atoms. The summed E-state index contributed by atoms with van der Waals surface area (Å²) in [5, 5.41) is 0. The van der Waals surface area contributed by atoms with Gasteiger partial charge < -0.3 is 10.3 Å². The van der Waals surface area contributed by atoms with E-state index in [1.807, 2.05) is 6.07 Å². The van der Waals surface area contributed by atoms with Crippen molar-refractivity contribution in [1.29, 1.82) is 0 Å². The zero-order valence-corrected chi connectivity index (χ0v) is 13.9. The van der Waals surface area contributed by atoms with Crippen LogP contribution in [0.3, 0.4) is 0 Å². The van der Waals surface area contributed by atoms with E-state index in [0.29, 0.717) is 6.04 Å². The fraction of sp³-hybridized carbons (Fsp3) is 0.500. The van der Waals surface area contributed by atoms with Gasteiger partial charge in [0.25, 0.3) is 0 Å². The summed E-state index contributed by atoms with van der Waals surface area (Å²) in [6, 6.07) is 10.8. The van der Waals surface area contributed by atoms with E-state index in [-0.39, 0.29) is 5.41 Å². The summed E-state index contributed by atoms with van der Waals surface area (Å²) in [6.07, 6.45) is 1.86. The predicted octanol–water partition coefficient (Wildman–Crippen LogP) is 4.13. The van der Waals surface area contributed by atoms with Gasteiger partial charge in [-0.3, -0.25) is 0 Å². The highest BCUT2D eigenvalue weighted by Crippen LogP contribution is 2.29. The van der Waals surface area contributed by atoms with Crippen LogP contribution in [-0.4, -0.2) is 9.55 Å². The van der Waals surface area contributed by atoms with Crippen molar-refractivity contribution in [3.63, 3.8) is 0 Å². The smallest absolute Gasteiger partial charge is 0.127 e. The van der Waals surface area contributed by atoms with Gasteiger partial charge in [0.05, 0.1) is 5.69 Å². The summed E-state index contributed by atoms with van der Waals surface area (Å²) >= 11 is 0. The first kappa shape index (κ1) is 15.6. The number of benzene rings is 1. The van der Waals surface area contributed by atoms with Crippen molar-refractivity contribution in [2.24, 2.45) is 0 Å². The lowest BCUT2D eigenvalue weighted by Crippen LogP contribution is -2.21. The molecule has 2 aromatic rings. The number of nitrogens with zero attached hydrogens (tertiary/aromatic N) is 2. The van der Waals surface area contributed by atoms with Crippen molar-refractivity contribution in [3.8, 4) is 0 Å². The monoisotopic (exact) mass is 285 g/mol. The standard InChI is InChI=1S/C18H27N3/c1-13(2)21-16(19)15(20-17(21)18(3,4)5)12-11-14-9-7-6-8-10-14/h6-10,13H,11-12,19H2,1-5H3. The van der Waals surface area contributed by atoms with E-state index in [2.05, 4.69) is 63.5 Å². The second-order valence-electron chi connectivity index (χ2n) is 6.97. The number of imidazole rings is 1. The van der Waals surface area contributed by atoms with Crippen LogP contribution < -0.4 is 5.73 Å². The minimum atomic E-state index is 0.00336. The number of hydrogen-bond acceptors (Lipinski definition) is 2. The molecule has 2 N–H and O–H groups in total. The molecule has 1 aromatic carbocycles. The molecule has 3 nitrogen and oxygen atoms in total. The normalized spacial score (nSPS) is 12.1. The summed E-state index contributed by atoms with van der Waals surface area (Å²) in [6.45, 7) is 10.9. The average molecular weight is 285 g/mol. The highest BCUT2D eigenvalue weighted by atomic mass is 15.2. The second kappa shape index (κ2) is 5.92. The van der Waals surface area contributed by atoms with Crippen LogP contribution in [0.2, 0.25) is 0 Å². The molecule has 2 rings (SSSR count). The SMILES string of the molecule is CC(C)n1c(C(C)(C)C)nc(CCc2ccccc2)c1N. The Morgan fingerprint density at radius 2 is 1.71 bits per heavy atom. The summed E-state index contributed by atoms with van der Waals surface area (Å²) in [4.78, 5) is 4.86. The van der Waals surface area contributed by atoms with Crippen LogP contribution in [0, 0.1) is 0 Å². The van der Waals surface area contributed by atoms with Gasteiger partial charge in [0.15, 0.2) is 0 Å². The molecular weight excluding hydrogens is 258 g/mol. The quantitative estimate of drug-likeness (QED) is 0.918. The number of nitrogens with two attached hydrogens (primary N) is 1. The van der Waals surface area contributed by atoms with Gasteiger partial charge in [-0.1, -0.05) is 51.1 Å². The molecule has 0 saturated heterocycles. The van der Waals surface area contributed by atoms with Crippen LogP contribution in [0.5, 0.6) is 0 Å². The average Bonchev–Trinajstić information content (AvgIpc) is 2.75. The number of aryl methyl sites for hydroxylation is 2. The Labute approximate surface area is 128 Å². The zero-order chi connectivity index (χ0) is 15.6. The minimum absolute atomic E-state index is 0.00336. The molecule has 21 heavy (non-hydrogen) atoms. The van der Waals surface area contributed by atoms with Crippen molar-refractivity contribution in [1.82, 2.24) is 9.55 Å². The van der Waals surface area contributed by atoms with Gasteiger partial charge in [0.2, 0.25) is 0 Å². The molecule has 0 radical (unpaired) electrons. The van der Waals surface area contributed by atoms with Crippen LogP contribution in [0.15, 0.2) is 30.3 Å². The first-order chi connectivity index (χ1) is 9.80. The lowest BCUT2D eigenvalue weighted by Gasteiger charge is -2.22. The molecule has 0 unspecified atom stereocenters. The molecule has 0 fully saturated rings. The van der Waals surface area contributed by atoms with Crippen LogP contribution >= 0.6 is 0 Å². The Kier molecular flexibility index (Phi) is 4.40. The fourth-order valence-electron chi connectivity index (χ4n) is 2.64. The van der Waals surface area contributed by atoms with Crippen molar-refractivity contribution in [2.75, 3.05) is 5.73 Å². The highest BCUT2D eigenvalue weighted by molar-refractivity contribution is 5.41. The molecule has 0 aliphatic heterocycles. The van der Waals surface area contributed by atoms with Crippen LogP contribution in [0.4, 0.5) is 5.82 Å². The molecule has 0 aliphatic carbocycles. The molecule has 0 bridgehead atoms. The topological polar surface area (TPSA) is 43.8 Å². The van der Waals surface area contributed by atoms with Crippen molar-refractivity contribution < 1.29 is 0 Å². The molecule has 0 atom stereocenters. The summed E-state index contributed by atoms with van der Waals surface area (Å²) in [5.41, 5.74) is 8.72. The molecule has 3 heteroatoms. The number of nitrogen functional groups attached to an aromatic ring is 1.